The SMILES string of the molecule is NCC1(O)CCCc2[nH]nc(Br)c21. The van der Waals surface area contributed by atoms with Gasteiger partial charge in [0.05, 0.1) is 0 Å². The number of nitrogens with zero attached hydrogens (tertiary/aromatic N) is 1. The molecule has 2 rings (SSSR count). The van der Waals surface area contributed by atoms with Crippen molar-refractivity contribution in [1.29, 1.82) is 0 Å². The number of nitrogens with one attached hydrogen (secondary N) is 1. The largest absolute Gasteiger partial charge is 0.384 e. The highest BCUT2D eigenvalue weighted by molar-refractivity contribution is 9.10. The first-order chi connectivity index (χ1) is 6.17. The van der Waals surface area contributed by atoms with Gasteiger partial charge in [0, 0.05) is 17.8 Å². The Kier molecular flexibility index (Phi) is 2.17. The first-order valence-corrected chi connectivity index (χ1v) is 5.12. The molecule has 72 valence electrons. The van der Waals surface area contributed by atoms with E-state index in [4.69, 9.17) is 5.73 Å². The Labute approximate surface area is 84.6 Å². The number of aliphatic hydroxyl groups is 1. The zero-order valence-corrected chi connectivity index (χ0v) is 8.76. The van der Waals surface area contributed by atoms with E-state index in [0.717, 1.165) is 24.1 Å². The van der Waals surface area contributed by atoms with E-state index in [1.807, 2.05) is 0 Å². The summed E-state index contributed by atoms with van der Waals surface area (Å²) in [6, 6.07) is 0. The predicted molar refractivity (Wildman–Crippen MR) is 52.2 cm³/mol. The van der Waals surface area contributed by atoms with E-state index in [0.29, 0.717) is 11.0 Å². The van der Waals surface area contributed by atoms with Gasteiger partial charge < -0.3 is 10.8 Å². The fourth-order valence-corrected chi connectivity index (χ4v) is 2.59. The van der Waals surface area contributed by atoms with Crippen molar-refractivity contribution in [2.45, 2.75) is 24.9 Å². The van der Waals surface area contributed by atoms with E-state index in [2.05, 4.69) is 26.1 Å². The third kappa shape index (κ3) is 1.31. The Morgan fingerprint density at radius 2 is 2.46 bits per heavy atom. The third-order valence-electron chi connectivity index (χ3n) is 2.62. The van der Waals surface area contributed by atoms with Crippen LogP contribution in [-0.4, -0.2) is 21.8 Å². The average Bonchev–Trinajstić information content (AvgIpc) is 2.50. The molecule has 1 heterocycles. The van der Waals surface area contributed by atoms with Gasteiger partial charge in [-0.3, -0.25) is 5.10 Å². The third-order valence-corrected chi connectivity index (χ3v) is 3.19. The number of nitrogens with two attached hydrogens (primary N) is 1. The molecule has 1 aliphatic carbocycles. The van der Waals surface area contributed by atoms with Crippen molar-refractivity contribution in [3.8, 4) is 0 Å². The topological polar surface area (TPSA) is 74.9 Å². The maximum Gasteiger partial charge on any atom is 0.134 e. The van der Waals surface area contributed by atoms with E-state index in [9.17, 15) is 5.11 Å². The number of hydrogen-bond donors (Lipinski definition) is 3. The van der Waals surface area contributed by atoms with E-state index in [-0.39, 0.29) is 6.54 Å². The molecule has 1 unspecified atom stereocenters. The number of aromatic nitrogens is 2. The summed E-state index contributed by atoms with van der Waals surface area (Å²) in [6.07, 6.45) is 2.61. The van der Waals surface area contributed by atoms with Gasteiger partial charge in [0.1, 0.15) is 10.2 Å². The monoisotopic (exact) mass is 245 g/mol. The molecule has 1 atom stereocenters. The molecular formula is C8H12BrN3O. The van der Waals surface area contributed by atoms with Gasteiger partial charge in [-0.05, 0) is 35.2 Å². The molecule has 0 radical (unpaired) electrons. The molecule has 0 aromatic carbocycles. The Hall–Kier alpha value is -0.390. The van der Waals surface area contributed by atoms with Crippen molar-refractivity contribution in [3.63, 3.8) is 0 Å². The van der Waals surface area contributed by atoms with Crippen molar-refractivity contribution in [2.24, 2.45) is 5.73 Å². The molecule has 0 aliphatic heterocycles. The van der Waals surface area contributed by atoms with Crippen LogP contribution in [0.15, 0.2) is 4.60 Å². The molecule has 0 fully saturated rings. The van der Waals surface area contributed by atoms with Crippen molar-refractivity contribution < 1.29 is 5.11 Å². The summed E-state index contributed by atoms with van der Waals surface area (Å²) in [5, 5.41) is 17.1. The maximum absolute atomic E-state index is 10.2. The van der Waals surface area contributed by atoms with E-state index < -0.39 is 5.60 Å². The zero-order chi connectivity index (χ0) is 9.47. The number of rotatable bonds is 1. The Morgan fingerprint density at radius 1 is 1.69 bits per heavy atom. The second-order valence-electron chi connectivity index (χ2n) is 3.46. The number of halogens is 1. The van der Waals surface area contributed by atoms with Crippen LogP contribution in [0.4, 0.5) is 0 Å². The summed E-state index contributed by atoms with van der Waals surface area (Å²) in [6.45, 7) is 0.248. The van der Waals surface area contributed by atoms with Crippen LogP contribution in [0.25, 0.3) is 0 Å². The number of H-pyrrole nitrogens is 1. The summed E-state index contributed by atoms with van der Waals surface area (Å²) in [4.78, 5) is 0. The fourth-order valence-electron chi connectivity index (χ4n) is 1.89. The normalized spacial score (nSPS) is 27.3. The van der Waals surface area contributed by atoms with Crippen LogP contribution in [0, 0.1) is 0 Å². The molecule has 0 saturated carbocycles. The molecule has 0 saturated heterocycles. The van der Waals surface area contributed by atoms with Crippen molar-refractivity contribution in [3.05, 3.63) is 15.9 Å². The predicted octanol–water partition coefficient (Wildman–Crippen LogP) is 0.655. The molecule has 1 aliphatic rings. The van der Waals surface area contributed by atoms with Gasteiger partial charge >= 0.3 is 0 Å². The molecule has 0 bridgehead atoms. The van der Waals surface area contributed by atoms with Crippen LogP contribution in [0.3, 0.4) is 0 Å². The van der Waals surface area contributed by atoms with Gasteiger partial charge in [-0.2, -0.15) is 5.10 Å². The number of aryl methyl sites for hydroxylation is 1. The summed E-state index contributed by atoms with van der Waals surface area (Å²) in [5.74, 6) is 0. The van der Waals surface area contributed by atoms with Crippen molar-refractivity contribution >= 4 is 15.9 Å². The van der Waals surface area contributed by atoms with Crippen LogP contribution in [0.2, 0.25) is 0 Å². The first kappa shape index (κ1) is 9.18. The first-order valence-electron chi connectivity index (χ1n) is 4.33. The second kappa shape index (κ2) is 3.08. The van der Waals surface area contributed by atoms with Crippen LogP contribution in [0.1, 0.15) is 24.1 Å². The molecule has 4 nitrogen and oxygen atoms in total. The van der Waals surface area contributed by atoms with E-state index >= 15 is 0 Å². The van der Waals surface area contributed by atoms with Gasteiger partial charge in [0.2, 0.25) is 0 Å². The smallest absolute Gasteiger partial charge is 0.134 e. The highest BCUT2D eigenvalue weighted by Crippen LogP contribution is 2.37. The summed E-state index contributed by atoms with van der Waals surface area (Å²) in [7, 11) is 0. The van der Waals surface area contributed by atoms with Crippen LogP contribution in [0.5, 0.6) is 0 Å². The quantitative estimate of drug-likeness (QED) is 0.681. The van der Waals surface area contributed by atoms with Gasteiger partial charge in [-0.1, -0.05) is 0 Å². The number of aromatic amines is 1. The summed E-state index contributed by atoms with van der Waals surface area (Å²) < 4.78 is 0.690. The minimum atomic E-state index is -0.889. The van der Waals surface area contributed by atoms with Gasteiger partial charge in [-0.25, -0.2) is 0 Å². The lowest BCUT2D eigenvalue weighted by molar-refractivity contribution is 0.0272. The maximum atomic E-state index is 10.2. The molecule has 4 N–H and O–H groups in total. The number of hydrogen-bond acceptors (Lipinski definition) is 3. The summed E-state index contributed by atoms with van der Waals surface area (Å²) in [5.41, 5.74) is 6.53. The molecular weight excluding hydrogens is 234 g/mol. The molecule has 13 heavy (non-hydrogen) atoms. The fraction of sp³-hybridized carbons (Fsp3) is 0.625. The molecule has 1 aromatic rings. The van der Waals surface area contributed by atoms with Gasteiger partial charge in [0.15, 0.2) is 0 Å². The molecule has 0 amide bonds. The molecule has 5 heteroatoms. The standard InChI is InChI=1S/C8H12BrN3O/c9-7-6-5(11-12-7)2-1-3-8(6,13)4-10/h13H,1-4,10H2,(H,11,12). The lowest BCUT2D eigenvalue weighted by atomic mass is 9.83. The van der Waals surface area contributed by atoms with E-state index in [1.165, 1.54) is 0 Å². The molecule has 1 aromatic heterocycles. The van der Waals surface area contributed by atoms with Crippen molar-refractivity contribution in [2.75, 3.05) is 6.54 Å². The lowest BCUT2D eigenvalue weighted by Crippen LogP contribution is -2.38. The molecule has 0 spiro atoms. The lowest BCUT2D eigenvalue weighted by Gasteiger charge is -2.30. The van der Waals surface area contributed by atoms with Gasteiger partial charge in [0.25, 0.3) is 0 Å². The van der Waals surface area contributed by atoms with Crippen LogP contribution >= 0.6 is 15.9 Å². The second-order valence-corrected chi connectivity index (χ2v) is 4.21. The number of fused-ring (bicyclic) bond motifs is 1. The Bertz CT molecular complexity index is 325. The minimum absolute atomic E-state index is 0.248. The van der Waals surface area contributed by atoms with E-state index in [1.54, 1.807) is 0 Å². The van der Waals surface area contributed by atoms with Gasteiger partial charge in [-0.15, -0.1) is 0 Å². The van der Waals surface area contributed by atoms with Crippen LogP contribution < -0.4 is 5.73 Å². The Balaban J connectivity index is 2.52. The Morgan fingerprint density at radius 3 is 3.15 bits per heavy atom. The minimum Gasteiger partial charge on any atom is -0.384 e. The zero-order valence-electron chi connectivity index (χ0n) is 7.18. The summed E-state index contributed by atoms with van der Waals surface area (Å²) >= 11 is 3.31. The highest BCUT2D eigenvalue weighted by Gasteiger charge is 2.36. The van der Waals surface area contributed by atoms with Crippen LogP contribution in [-0.2, 0) is 12.0 Å². The average molecular weight is 246 g/mol. The highest BCUT2D eigenvalue weighted by atomic mass is 79.9. The van der Waals surface area contributed by atoms with Crippen molar-refractivity contribution in [1.82, 2.24) is 10.2 Å².